The maximum absolute atomic E-state index is 14.1. The van der Waals surface area contributed by atoms with Crippen LogP contribution < -0.4 is 10.5 Å². The Balaban J connectivity index is 1.71. The van der Waals surface area contributed by atoms with E-state index in [2.05, 4.69) is 10.3 Å². The third-order valence-corrected chi connectivity index (χ3v) is 4.88. The van der Waals surface area contributed by atoms with E-state index in [4.69, 9.17) is 5.14 Å². The van der Waals surface area contributed by atoms with Crippen LogP contribution in [0.25, 0.3) is 10.8 Å². The van der Waals surface area contributed by atoms with Gasteiger partial charge in [-0.25, -0.2) is 22.3 Å². The molecule has 27 heavy (non-hydrogen) atoms. The van der Waals surface area contributed by atoms with Crippen LogP contribution in [0.3, 0.4) is 0 Å². The van der Waals surface area contributed by atoms with Crippen molar-refractivity contribution in [3.05, 3.63) is 71.6 Å². The molecule has 0 fully saturated rings. The average Bonchev–Trinajstić information content (AvgIpc) is 2.60. The zero-order chi connectivity index (χ0) is 19.6. The molecule has 1 amide bonds. The van der Waals surface area contributed by atoms with E-state index in [0.717, 1.165) is 11.6 Å². The van der Waals surface area contributed by atoms with Gasteiger partial charge < -0.3 is 5.32 Å². The van der Waals surface area contributed by atoms with Gasteiger partial charge in [-0.05, 0) is 41.6 Å². The normalized spacial score (nSPS) is 11.5. The molecule has 0 aliphatic heterocycles. The third kappa shape index (κ3) is 4.26. The van der Waals surface area contributed by atoms with Gasteiger partial charge >= 0.3 is 0 Å². The summed E-state index contributed by atoms with van der Waals surface area (Å²) < 4.78 is 49.8. The first kappa shape index (κ1) is 18.9. The van der Waals surface area contributed by atoms with Crippen LogP contribution in [0.2, 0.25) is 0 Å². The van der Waals surface area contributed by atoms with Gasteiger partial charge in [0.05, 0.1) is 4.90 Å². The lowest BCUT2D eigenvalue weighted by atomic mass is 10.1. The van der Waals surface area contributed by atoms with Crippen molar-refractivity contribution in [2.45, 2.75) is 11.3 Å². The van der Waals surface area contributed by atoms with Crippen LogP contribution in [0.5, 0.6) is 0 Å². The van der Waals surface area contributed by atoms with E-state index >= 15 is 0 Å². The summed E-state index contributed by atoms with van der Waals surface area (Å²) in [6.45, 7) is 0.217. The van der Waals surface area contributed by atoms with Gasteiger partial charge in [0.2, 0.25) is 10.0 Å². The van der Waals surface area contributed by atoms with Crippen LogP contribution in [0, 0.1) is 11.6 Å². The number of fused-ring (bicyclic) bond motifs is 1. The molecule has 1 aromatic heterocycles. The second-order valence-corrected chi connectivity index (χ2v) is 7.40. The standard InChI is InChI=1S/C18H15F2N3O3S/c19-13-9-12-6-8-22-17(16(12)15(20)10-13)18(24)23-7-5-11-1-3-14(4-2-11)27(21,25)26/h1-4,6,8-10H,5,7H2,(H,23,24)(H2,21,25,26). The van der Waals surface area contributed by atoms with Gasteiger partial charge in [-0.2, -0.15) is 0 Å². The molecule has 0 aliphatic rings. The van der Waals surface area contributed by atoms with Gasteiger partial charge in [-0.1, -0.05) is 12.1 Å². The Kier molecular flexibility index (Phi) is 5.15. The van der Waals surface area contributed by atoms with Crippen LogP contribution in [0.1, 0.15) is 16.1 Å². The number of carbonyl (C=O) groups is 1. The van der Waals surface area contributed by atoms with Gasteiger partial charge in [0.15, 0.2) is 0 Å². The number of nitrogens with one attached hydrogen (secondary N) is 1. The van der Waals surface area contributed by atoms with Gasteiger partial charge in [0, 0.05) is 24.2 Å². The zero-order valence-corrected chi connectivity index (χ0v) is 14.8. The van der Waals surface area contributed by atoms with Crippen molar-refractivity contribution in [3.63, 3.8) is 0 Å². The maximum Gasteiger partial charge on any atom is 0.270 e. The molecule has 0 saturated heterocycles. The quantitative estimate of drug-likeness (QED) is 0.696. The van der Waals surface area contributed by atoms with Gasteiger partial charge in [0.25, 0.3) is 5.91 Å². The molecule has 0 saturated carbocycles. The lowest BCUT2D eigenvalue weighted by molar-refractivity contribution is 0.0950. The van der Waals surface area contributed by atoms with Crippen molar-refractivity contribution >= 4 is 26.7 Å². The minimum atomic E-state index is -3.76. The fourth-order valence-electron chi connectivity index (χ4n) is 2.65. The number of sulfonamides is 1. The fraction of sp³-hybridized carbons (Fsp3) is 0.111. The van der Waals surface area contributed by atoms with Crippen LogP contribution in [-0.4, -0.2) is 25.9 Å². The van der Waals surface area contributed by atoms with E-state index in [9.17, 15) is 22.0 Å². The van der Waals surface area contributed by atoms with Gasteiger partial charge in [-0.3, -0.25) is 9.78 Å². The molecular formula is C18H15F2N3O3S. The molecule has 9 heteroatoms. The Morgan fingerprint density at radius 3 is 2.48 bits per heavy atom. The van der Waals surface area contributed by atoms with Crippen molar-refractivity contribution < 1.29 is 22.0 Å². The second kappa shape index (κ2) is 7.37. The summed E-state index contributed by atoms with van der Waals surface area (Å²) in [5.41, 5.74) is 0.649. The Morgan fingerprint density at radius 1 is 1.11 bits per heavy atom. The van der Waals surface area contributed by atoms with Crippen molar-refractivity contribution in [1.29, 1.82) is 0 Å². The number of carbonyl (C=O) groups excluding carboxylic acids is 1. The molecule has 0 bridgehead atoms. The minimum absolute atomic E-state index is 0.00190. The number of benzene rings is 2. The number of hydrogen-bond donors (Lipinski definition) is 2. The highest BCUT2D eigenvalue weighted by molar-refractivity contribution is 7.89. The highest BCUT2D eigenvalue weighted by Crippen LogP contribution is 2.22. The largest absolute Gasteiger partial charge is 0.350 e. The fourth-order valence-corrected chi connectivity index (χ4v) is 3.17. The second-order valence-electron chi connectivity index (χ2n) is 5.84. The van der Waals surface area contributed by atoms with E-state index in [0.29, 0.717) is 12.5 Å². The van der Waals surface area contributed by atoms with Gasteiger partial charge in [0.1, 0.15) is 17.3 Å². The summed E-state index contributed by atoms with van der Waals surface area (Å²) in [6, 6.07) is 9.18. The molecule has 3 N–H and O–H groups in total. The molecule has 0 aliphatic carbocycles. The predicted molar refractivity (Wildman–Crippen MR) is 95.5 cm³/mol. The number of nitrogens with zero attached hydrogens (tertiary/aromatic N) is 1. The number of aromatic nitrogens is 1. The van der Waals surface area contributed by atoms with E-state index in [1.165, 1.54) is 24.4 Å². The first-order chi connectivity index (χ1) is 12.8. The predicted octanol–water partition coefficient (Wildman–Crippen LogP) is 2.13. The maximum atomic E-state index is 14.1. The average molecular weight is 391 g/mol. The first-order valence-corrected chi connectivity index (χ1v) is 9.44. The lowest BCUT2D eigenvalue weighted by Crippen LogP contribution is -2.27. The van der Waals surface area contributed by atoms with Crippen molar-refractivity contribution in [2.24, 2.45) is 5.14 Å². The summed E-state index contributed by atoms with van der Waals surface area (Å²) >= 11 is 0. The van der Waals surface area contributed by atoms with Gasteiger partial charge in [-0.15, -0.1) is 0 Å². The Labute approximate surface area is 154 Å². The number of halogens is 2. The zero-order valence-electron chi connectivity index (χ0n) is 13.9. The molecule has 0 radical (unpaired) electrons. The molecular weight excluding hydrogens is 376 g/mol. The monoisotopic (exact) mass is 391 g/mol. The van der Waals surface area contributed by atoms with E-state index in [-0.39, 0.29) is 27.9 Å². The third-order valence-electron chi connectivity index (χ3n) is 3.95. The van der Waals surface area contributed by atoms with Crippen molar-refractivity contribution in [1.82, 2.24) is 10.3 Å². The smallest absolute Gasteiger partial charge is 0.270 e. The van der Waals surface area contributed by atoms with Crippen molar-refractivity contribution in [3.8, 4) is 0 Å². The van der Waals surface area contributed by atoms with E-state index in [1.807, 2.05) is 0 Å². The van der Waals surface area contributed by atoms with Crippen LogP contribution in [0.15, 0.2) is 53.6 Å². The SMILES string of the molecule is NS(=O)(=O)c1ccc(CCNC(=O)c2nccc3cc(F)cc(F)c23)cc1. The molecule has 140 valence electrons. The number of rotatable bonds is 5. The van der Waals surface area contributed by atoms with E-state index in [1.54, 1.807) is 12.1 Å². The molecule has 3 aromatic rings. The number of hydrogen-bond acceptors (Lipinski definition) is 4. The first-order valence-electron chi connectivity index (χ1n) is 7.89. The highest BCUT2D eigenvalue weighted by atomic mass is 32.2. The molecule has 6 nitrogen and oxygen atoms in total. The number of pyridine rings is 1. The summed E-state index contributed by atoms with van der Waals surface area (Å²) in [7, 11) is -3.76. The number of nitrogens with two attached hydrogens (primary N) is 1. The Hall–Kier alpha value is -2.91. The summed E-state index contributed by atoms with van der Waals surface area (Å²) in [5, 5.41) is 7.85. The number of amides is 1. The molecule has 0 unspecified atom stereocenters. The summed E-state index contributed by atoms with van der Waals surface area (Å²) in [6.07, 6.45) is 1.72. The Morgan fingerprint density at radius 2 is 1.81 bits per heavy atom. The van der Waals surface area contributed by atoms with Crippen LogP contribution in [0.4, 0.5) is 8.78 Å². The molecule has 0 spiro atoms. The minimum Gasteiger partial charge on any atom is -0.350 e. The molecule has 0 atom stereocenters. The van der Waals surface area contributed by atoms with Crippen molar-refractivity contribution in [2.75, 3.05) is 6.54 Å². The molecule has 2 aromatic carbocycles. The summed E-state index contributed by atoms with van der Waals surface area (Å²) in [5.74, 6) is -2.19. The van der Waals surface area contributed by atoms with Crippen LogP contribution >= 0.6 is 0 Å². The number of primary sulfonamides is 1. The van der Waals surface area contributed by atoms with E-state index < -0.39 is 27.6 Å². The molecule has 3 rings (SSSR count). The van der Waals surface area contributed by atoms with Crippen LogP contribution in [-0.2, 0) is 16.4 Å². The summed E-state index contributed by atoms with van der Waals surface area (Å²) in [4.78, 5) is 16.2. The lowest BCUT2D eigenvalue weighted by Gasteiger charge is -2.08. The topological polar surface area (TPSA) is 102 Å². The Bertz CT molecular complexity index is 1120. The highest BCUT2D eigenvalue weighted by Gasteiger charge is 2.16. The molecule has 1 heterocycles.